The van der Waals surface area contributed by atoms with Crippen LogP contribution < -0.4 is 0 Å². The Morgan fingerprint density at radius 2 is 1.90 bits per heavy atom. The van der Waals surface area contributed by atoms with Crippen molar-refractivity contribution in [3.8, 4) is 0 Å². The molecule has 3 fully saturated rings. The lowest BCUT2D eigenvalue weighted by molar-refractivity contribution is -0.148. The molecule has 0 bridgehead atoms. The van der Waals surface area contributed by atoms with Gasteiger partial charge in [-0.3, -0.25) is 4.79 Å². The molecule has 0 amide bonds. The van der Waals surface area contributed by atoms with Gasteiger partial charge >= 0.3 is 11.9 Å². The van der Waals surface area contributed by atoms with E-state index in [0.29, 0.717) is 17.8 Å². The van der Waals surface area contributed by atoms with Gasteiger partial charge < -0.3 is 9.57 Å². The molecule has 3 saturated carbocycles. The topological polar surface area (TPSA) is 65.0 Å². The molecule has 160 valence electrons. The van der Waals surface area contributed by atoms with Crippen LogP contribution in [0, 0.1) is 28.6 Å². The van der Waals surface area contributed by atoms with Crippen molar-refractivity contribution >= 4 is 29.3 Å². The number of carbonyl (C=O) groups excluding carboxylic acids is 2. The minimum absolute atomic E-state index is 0.0183. The lowest BCUT2D eigenvalue weighted by atomic mass is 9.48. The Bertz CT molecular complexity index is 762. The van der Waals surface area contributed by atoms with E-state index >= 15 is 0 Å². The van der Waals surface area contributed by atoms with Crippen molar-refractivity contribution in [2.75, 3.05) is 5.88 Å². The SMILES string of the molecule is CC(=O)O[C@@H]1CC[C@@]2(C)C(=CC[C@H]3[C@H]2CC[C@@]2(C)/C(=N\OC(=O)CCl)CC[C@H]32)C1. The summed E-state index contributed by atoms with van der Waals surface area (Å²) in [4.78, 5) is 27.9. The summed E-state index contributed by atoms with van der Waals surface area (Å²) in [6, 6.07) is 0. The molecule has 0 aromatic heterocycles. The predicted molar refractivity (Wildman–Crippen MR) is 112 cm³/mol. The highest BCUT2D eigenvalue weighted by atomic mass is 35.5. The average molecular weight is 422 g/mol. The minimum Gasteiger partial charge on any atom is -0.462 e. The zero-order valence-electron chi connectivity index (χ0n) is 17.7. The summed E-state index contributed by atoms with van der Waals surface area (Å²) in [5.74, 6) is 1.07. The van der Waals surface area contributed by atoms with Crippen LogP contribution in [-0.2, 0) is 19.2 Å². The molecule has 0 unspecified atom stereocenters. The Kier molecular flexibility index (Phi) is 5.56. The molecule has 0 saturated heterocycles. The van der Waals surface area contributed by atoms with Crippen LogP contribution in [0.5, 0.6) is 0 Å². The van der Waals surface area contributed by atoms with Gasteiger partial charge in [0.2, 0.25) is 0 Å². The van der Waals surface area contributed by atoms with Crippen molar-refractivity contribution in [2.24, 2.45) is 33.7 Å². The number of carbonyl (C=O) groups is 2. The van der Waals surface area contributed by atoms with Gasteiger partial charge in [0.25, 0.3) is 0 Å². The largest absolute Gasteiger partial charge is 0.462 e. The number of oxime groups is 1. The molecule has 4 aliphatic carbocycles. The first kappa shape index (κ1) is 20.9. The summed E-state index contributed by atoms with van der Waals surface area (Å²) < 4.78 is 5.53. The van der Waals surface area contributed by atoms with Crippen LogP contribution in [0.3, 0.4) is 0 Å². The van der Waals surface area contributed by atoms with Crippen molar-refractivity contribution in [3.63, 3.8) is 0 Å². The van der Waals surface area contributed by atoms with E-state index in [1.165, 1.54) is 18.9 Å². The van der Waals surface area contributed by atoms with Gasteiger partial charge in [0.05, 0.1) is 5.71 Å². The fourth-order valence-corrected chi connectivity index (χ4v) is 7.08. The third kappa shape index (κ3) is 3.54. The smallest absolute Gasteiger partial charge is 0.349 e. The van der Waals surface area contributed by atoms with Crippen LogP contribution in [0.1, 0.15) is 72.1 Å². The molecule has 4 aliphatic rings. The molecule has 29 heavy (non-hydrogen) atoms. The van der Waals surface area contributed by atoms with Crippen LogP contribution >= 0.6 is 11.6 Å². The Labute approximate surface area is 178 Å². The monoisotopic (exact) mass is 421 g/mol. The maximum atomic E-state index is 11.5. The van der Waals surface area contributed by atoms with Gasteiger partial charge in [-0.1, -0.05) is 30.7 Å². The molecule has 0 aliphatic heterocycles. The number of allylic oxidation sites excluding steroid dienone is 1. The van der Waals surface area contributed by atoms with E-state index < -0.39 is 5.97 Å². The third-order valence-electron chi connectivity index (χ3n) is 8.50. The highest BCUT2D eigenvalue weighted by molar-refractivity contribution is 6.26. The number of halogens is 1. The summed E-state index contributed by atoms with van der Waals surface area (Å²) in [6.07, 6.45) is 10.8. The Morgan fingerprint density at radius 3 is 2.62 bits per heavy atom. The molecule has 0 heterocycles. The van der Waals surface area contributed by atoms with Crippen LogP contribution in [0.2, 0.25) is 0 Å². The zero-order chi connectivity index (χ0) is 20.8. The zero-order valence-corrected chi connectivity index (χ0v) is 18.5. The van der Waals surface area contributed by atoms with Crippen molar-refractivity contribution in [1.29, 1.82) is 0 Å². The number of alkyl halides is 1. The summed E-state index contributed by atoms with van der Waals surface area (Å²) in [7, 11) is 0. The summed E-state index contributed by atoms with van der Waals surface area (Å²) >= 11 is 5.54. The second-order valence-electron chi connectivity index (χ2n) is 9.86. The lowest BCUT2D eigenvalue weighted by Crippen LogP contribution is -2.50. The van der Waals surface area contributed by atoms with Crippen molar-refractivity contribution in [1.82, 2.24) is 0 Å². The van der Waals surface area contributed by atoms with Gasteiger partial charge in [-0.05, 0) is 68.1 Å². The van der Waals surface area contributed by atoms with E-state index in [4.69, 9.17) is 21.2 Å². The fourth-order valence-electron chi connectivity index (χ4n) is 7.03. The normalized spacial score (nSPS) is 42.3. The first-order valence-electron chi connectivity index (χ1n) is 11.0. The third-order valence-corrected chi connectivity index (χ3v) is 8.72. The molecule has 6 heteroatoms. The van der Waals surface area contributed by atoms with Crippen LogP contribution in [0.25, 0.3) is 0 Å². The number of esters is 1. The van der Waals surface area contributed by atoms with Crippen molar-refractivity contribution < 1.29 is 19.2 Å². The predicted octanol–water partition coefficient (Wildman–Crippen LogP) is 5.02. The number of hydrogen-bond donors (Lipinski definition) is 0. The molecule has 0 spiro atoms. The van der Waals surface area contributed by atoms with E-state index in [9.17, 15) is 9.59 Å². The summed E-state index contributed by atoms with van der Waals surface area (Å²) in [5, 5.41) is 4.24. The Morgan fingerprint density at radius 1 is 1.17 bits per heavy atom. The second kappa shape index (κ2) is 7.72. The molecule has 5 nitrogen and oxygen atoms in total. The molecule has 0 radical (unpaired) electrons. The van der Waals surface area contributed by atoms with E-state index in [1.54, 1.807) is 0 Å². The van der Waals surface area contributed by atoms with Crippen LogP contribution in [0.15, 0.2) is 16.8 Å². The van der Waals surface area contributed by atoms with Crippen LogP contribution in [0.4, 0.5) is 0 Å². The molecular weight excluding hydrogens is 390 g/mol. The fraction of sp³-hybridized carbons (Fsp3) is 0.783. The Hall–Kier alpha value is -1.36. The highest BCUT2D eigenvalue weighted by Crippen LogP contribution is 2.64. The van der Waals surface area contributed by atoms with Crippen LogP contribution in [-0.4, -0.2) is 29.6 Å². The molecule has 0 aromatic carbocycles. The van der Waals surface area contributed by atoms with Gasteiger partial charge in [0, 0.05) is 18.8 Å². The molecule has 4 rings (SSSR count). The summed E-state index contributed by atoms with van der Waals surface area (Å²) in [5.41, 5.74) is 2.77. The van der Waals surface area contributed by atoms with Crippen molar-refractivity contribution in [3.05, 3.63) is 11.6 Å². The van der Waals surface area contributed by atoms with E-state index in [-0.39, 0.29) is 28.8 Å². The molecule has 6 atom stereocenters. The molecule has 0 aromatic rings. The second-order valence-corrected chi connectivity index (χ2v) is 10.1. The standard InChI is InChI=1S/C23H32ClNO4/c1-14(26)28-16-8-10-22(2)15(12-16)4-5-17-18-6-7-20(25-29-21(27)13-24)23(18,3)11-9-19(17)22/h4,16-19H,5-13H2,1-3H3/b25-20-/t16-,17-,18-,19-,22+,23-/m1/s1. The number of fused-ring (bicyclic) bond motifs is 5. The molecular formula is C23H32ClNO4. The Balaban J connectivity index is 1.54. The maximum Gasteiger partial charge on any atom is 0.349 e. The highest BCUT2D eigenvalue weighted by Gasteiger charge is 2.58. The van der Waals surface area contributed by atoms with E-state index in [1.807, 2.05) is 0 Å². The molecule has 0 N–H and O–H groups in total. The van der Waals surface area contributed by atoms with Crippen molar-refractivity contribution in [2.45, 2.75) is 78.2 Å². The first-order chi connectivity index (χ1) is 13.8. The van der Waals surface area contributed by atoms with Gasteiger partial charge in [0.1, 0.15) is 12.0 Å². The first-order valence-corrected chi connectivity index (χ1v) is 11.5. The minimum atomic E-state index is -0.484. The van der Waals surface area contributed by atoms with Gasteiger partial charge in [-0.2, -0.15) is 0 Å². The number of ether oxygens (including phenoxy) is 1. The summed E-state index contributed by atoms with van der Waals surface area (Å²) in [6.45, 7) is 6.26. The van der Waals surface area contributed by atoms with Gasteiger partial charge in [0.15, 0.2) is 0 Å². The number of hydrogen-bond acceptors (Lipinski definition) is 5. The van der Waals surface area contributed by atoms with Gasteiger partial charge in [-0.25, -0.2) is 4.79 Å². The quantitative estimate of drug-likeness (QED) is 0.211. The van der Waals surface area contributed by atoms with E-state index in [2.05, 4.69) is 25.1 Å². The average Bonchev–Trinajstić information content (AvgIpc) is 3.02. The van der Waals surface area contributed by atoms with Gasteiger partial charge in [-0.15, -0.1) is 11.6 Å². The number of rotatable bonds is 3. The lowest BCUT2D eigenvalue weighted by Gasteiger charge is -2.57. The van der Waals surface area contributed by atoms with E-state index in [0.717, 1.165) is 50.7 Å². The number of nitrogens with zero attached hydrogens (tertiary/aromatic N) is 1. The maximum absolute atomic E-state index is 11.5.